The molecule has 3 N–H and O–H groups in total. The fourth-order valence-electron chi connectivity index (χ4n) is 2.85. The first-order valence-corrected chi connectivity index (χ1v) is 9.43. The van der Waals surface area contributed by atoms with Gasteiger partial charge in [-0.1, -0.05) is 23.4 Å². The van der Waals surface area contributed by atoms with Gasteiger partial charge in [0.1, 0.15) is 11.9 Å². The molecule has 1 atom stereocenters. The average molecular weight is 372 g/mol. The number of aliphatic hydroxyl groups excluding tert-OH is 1. The predicted octanol–water partition coefficient (Wildman–Crippen LogP) is 2.95. The van der Waals surface area contributed by atoms with Crippen LogP contribution in [0.25, 0.3) is 10.1 Å². The van der Waals surface area contributed by atoms with Crippen molar-refractivity contribution in [1.82, 2.24) is 15.8 Å². The van der Waals surface area contributed by atoms with Crippen LogP contribution >= 0.6 is 11.3 Å². The zero-order chi connectivity index (χ0) is 18.5. The second kappa shape index (κ2) is 8.33. The Morgan fingerprint density at radius 1 is 1.31 bits per heavy atom. The summed E-state index contributed by atoms with van der Waals surface area (Å²) < 4.78 is 6.36. The lowest BCUT2D eigenvalue weighted by Gasteiger charge is -2.14. The monoisotopic (exact) mass is 372 g/mol. The average Bonchev–Trinajstić information content (AvgIpc) is 3.22. The number of fused-ring (bicyclic) bond motifs is 1. The maximum absolute atomic E-state index is 10.5. The molecular formula is C19H24N4O2S. The molecule has 6 nitrogen and oxygen atoms in total. The van der Waals surface area contributed by atoms with Crippen LogP contribution in [0.5, 0.6) is 0 Å². The summed E-state index contributed by atoms with van der Waals surface area (Å²) >= 11 is 1.62. The molecule has 7 heteroatoms. The Morgan fingerprint density at radius 2 is 2.12 bits per heavy atom. The highest BCUT2D eigenvalue weighted by atomic mass is 32.1. The Hall–Kier alpha value is -2.38. The largest absolute Gasteiger partial charge is 0.386 e. The molecule has 3 rings (SSSR count). The van der Waals surface area contributed by atoms with E-state index in [1.165, 1.54) is 4.70 Å². The Bertz CT molecular complexity index is 847. The van der Waals surface area contributed by atoms with Crippen LogP contribution in [0.4, 0.5) is 0 Å². The van der Waals surface area contributed by atoms with E-state index in [2.05, 4.69) is 32.9 Å². The highest BCUT2D eigenvalue weighted by Crippen LogP contribution is 2.29. The molecule has 26 heavy (non-hydrogen) atoms. The summed E-state index contributed by atoms with van der Waals surface area (Å²) in [6.07, 6.45) is 0.231. The van der Waals surface area contributed by atoms with E-state index in [0.29, 0.717) is 19.0 Å². The fraction of sp³-hybridized carbons (Fsp3) is 0.368. The molecule has 0 radical (unpaired) electrons. The number of hydrogen-bond acceptors (Lipinski definition) is 5. The van der Waals surface area contributed by atoms with Crippen molar-refractivity contribution in [1.29, 1.82) is 0 Å². The standard InChI is InChI=1S/C19H24N4O2S/c1-12-15(13(2)25-23-12)8-9-21-19(20-3)22-11-16(24)18-10-14-6-4-5-7-17(14)26-18/h4-7,10,16,24H,8-9,11H2,1-3H3,(H2,20,21,22). The molecule has 0 spiro atoms. The number of guanidine groups is 1. The maximum Gasteiger partial charge on any atom is 0.191 e. The van der Waals surface area contributed by atoms with Crippen molar-refractivity contribution in [3.63, 3.8) is 0 Å². The lowest BCUT2D eigenvalue weighted by molar-refractivity contribution is 0.184. The zero-order valence-corrected chi connectivity index (χ0v) is 16.1. The number of nitrogens with one attached hydrogen (secondary N) is 2. The zero-order valence-electron chi connectivity index (χ0n) is 15.2. The smallest absolute Gasteiger partial charge is 0.191 e. The molecule has 3 aromatic rings. The van der Waals surface area contributed by atoms with Crippen LogP contribution < -0.4 is 10.6 Å². The number of rotatable bonds is 6. The summed E-state index contributed by atoms with van der Waals surface area (Å²) in [5.74, 6) is 1.52. The third-order valence-corrected chi connectivity index (χ3v) is 5.53. The SMILES string of the molecule is CN=C(NCCc1c(C)noc1C)NCC(O)c1cc2ccccc2s1. The van der Waals surface area contributed by atoms with Gasteiger partial charge >= 0.3 is 0 Å². The summed E-state index contributed by atoms with van der Waals surface area (Å²) in [5.41, 5.74) is 2.05. The number of hydrogen-bond donors (Lipinski definition) is 3. The third-order valence-electron chi connectivity index (χ3n) is 4.31. The van der Waals surface area contributed by atoms with E-state index < -0.39 is 6.10 Å². The van der Waals surface area contributed by atoms with Gasteiger partial charge in [0.15, 0.2) is 5.96 Å². The molecule has 0 aliphatic rings. The van der Waals surface area contributed by atoms with Gasteiger partial charge in [-0.05, 0) is 37.8 Å². The van der Waals surface area contributed by atoms with Crippen LogP contribution in [0.3, 0.4) is 0 Å². The van der Waals surface area contributed by atoms with Crippen molar-refractivity contribution in [2.24, 2.45) is 4.99 Å². The highest BCUT2D eigenvalue weighted by molar-refractivity contribution is 7.19. The maximum atomic E-state index is 10.5. The molecule has 138 valence electrons. The first-order chi connectivity index (χ1) is 12.6. The summed E-state index contributed by atoms with van der Waals surface area (Å²) in [6, 6.07) is 10.2. The quantitative estimate of drug-likeness (QED) is 0.458. The normalized spacial score (nSPS) is 13.2. The van der Waals surface area contributed by atoms with Crippen molar-refractivity contribution in [3.8, 4) is 0 Å². The first-order valence-electron chi connectivity index (χ1n) is 8.61. The lowest BCUT2D eigenvalue weighted by Crippen LogP contribution is -2.40. The Labute approximate surface area is 156 Å². The third kappa shape index (κ3) is 4.23. The predicted molar refractivity (Wildman–Crippen MR) is 106 cm³/mol. The summed E-state index contributed by atoms with van der Waals surface area (Å²) in [6.45, 7) is 4.98. The molecule has 1 unspecified atom stereocenters. The molecule has 1 aromatic carbocycles. The summed E-state index contributed by atoms with van der Waals surface area (Å²) in [5, 5.41) is 22.0. The molecule has 0 saturated carbocycles. The van der Waals surface area contributed by atoms with Crippen molar-refractivity contribution in [2.45, 2.75) is 26.4 Å². The van der Waals surface area contributed by atoms with Crippen LogP contribution in [0, 0.1) is 13.8 Å². The van der Waals surface area contributed by atoms with Gasteiger partial charge in [-0.3, -0.25) is 4.99 Å². The van der Waals surface area contributed by atoms with Crippen LogP contribution in [0.15, 0.2) is 39.8 Å². The number of aliphatic imine (C=N–C) groups is 1. The van der Waals surface area contributed by atoms with Gasteiger partial charge in [0, 0.05) is 35.3 Å². The molecule has 2 aromatic heterocycles. The Kier molecular flexibility index (Phi) is 5.90. The van der Waals surface area contributed by atoms with E-state index in [4.69, 9.17) is 4.52 Å². The van der Waals surface area contributed by atoms with Crippen LogP contribution in [0.2, 0.25) is 0 Å². The number of thiophene rings is 1. The van der Waals surface area contributed by atoms with Crippen molar-refractivity contribution in [2.75, 3.05) is 20.1 Å². The Morgan fingerprint density at radius 3 is 2.81 bits per heavy atom. The molecule has 0 bridgehead atoms. The van der Waals surface area contributed by atoms with Crippen molar-refractivity contribution < 1.29 is 9.63 Å². The topological polar surface area (TPSA) is 82.7 Å². The number of aryl methyl sites for hydroxylation is 2. The number of nitrogens with zero attached hydrogens (tertiary/aromatic N) is 2. The lowest BCUT2D eigenvalue weighted by atomic mass is 10.1. The van der Waals surface area contributed by atoms with Gasteiger partial charge in [0.2, 0.25) is 0 Å². The molecule has 0 aliphatic carbocycles. The van der Waals surface area contributed by atoms with Crippen molar-refractivity contribution >= 4 is 27.4 Å². The number of benzene rings is 1. The second-order valence-electron chi connectivity index (χ2n) is 6.14. The van der Waals surface area contributed by atoms with E-state index in [-0.39, 0.29) is 0 Å². The van der Waals surface area contributed by atoms with Gasteiger partial charge in [-0.25, -0.2) is 0 Å². The van der Waals surface area contributed by atoms with Gasteiger partial charge in [-0.2, -0.15) is 0 Å². The molecule has 0 fully saturated rings. The Balaban J connectivity index is 1.50. The van der Waals surface area contributed by atoms with Gasteiger partial charge in [0.05, 0.1) is 5.69 Å². The van der Waals surface area contributed by atoms with E-state index in [1.54, 1.807) is 18.4 Å². The van der Waals surface area contributed by atoms with E-state index in [0.717, 1.165) is 33.7 Å². The van der Waals surface area contributed by atoms with Crippen LogP contribution in [-0.4, -0.2) is 36.4 Å². The second-order valence-corrected chi connectivity index (χ2v) is 7.25. The molecular weight excluding hydrogens is 348 g/mol. The first kappa shape index (κ1) is 18.4. The summed E-state index contributed by atoms with van der Waals surface area (Å²) in [4.78, 5) is 5.16. The van der Waals surface area contributed by atoms with Crippen molar-refractivity contribution in [3.05, 3.63) is 52.2 Å². The minimum atomic E-state index is -0.575. The minimum Gasteiger partial charge on any atom is -0.386 e. The van der Waals surface area contributed by atoms with Gasteiger partial charge in [-0.15, -0.1) is 11.3 Å². The highest BCUT2D eigenvalue weighted by Gasteiger charge is 2.13. The van der Waals surface area contributed by atoms with Gasteiger partial charge in [0.25, 0.3) is 0 Å². The molecule has 2 heterocycles. The van der Waals surface area contributed by atoms with Crippen LogP contribution in [0.1, 0.15) is 28.0 Å². The summed E-state index contributed by atoms with van der Waals surface area (Å²) in [7, 11) is 1.72. The van der Waals surface area contributed by atoms with E-state index in [1.807, 2.05) is 32.0 Å². The van der Waals surface area contributed by atoms with E-state index in [9.17, 15) is 5.11 Å². The molecule has 0 aliphatic heterocycles. The molecule has 0 amide bonds. The van der Waals surface area contributed by atoms with Gasteiger partial charge < -0.3 is 20.3 Å². The minimum absolute atomic E-state index is 0.401. The van der Waals surface area contributed by atoms with Crippen LogP contribution in [-0.2, 0) is 6.42 Å². The van der Waals surface area contributed by atoms with E-state index >= 15 is 0 Å². The molecule has 0 saturated heterocycles. The fourth-order valence-corrected chi connectivity index (χ4v) is 3.90. The number of aromatic nitrogens is 1. The number of aliphatic hydroxyl groups is 1.